The molecule has 144 valence electrons. The largest absolute Gasteiger partial charge is 0.339 e. The van der Waals surface area contributed by atoms with Crippen LogP contribution in [-0.2, 0) is 7.05 Å². The van der Waals surface area contributed by atoms with Gasteiger partial charge >= 0.3 is 0 Å². The average molecular weight is 376 g/mol. The lowest BCUT2D eigenvalue weighted by Gasteiger charge is -2.24. The zero-order valence-corrected chi connectivity index (χ0v) is 16.4. The van der Waals surface area contributed by atoms with Crippen molar-refractivity contribution >= 4 is 17.4 Å². The van der Waals surface area contributed by atoms with Gasteiger partial charge in [0.2, 0.25) is 0 Å². The molecule has 0 bridgehead atoms. The SMILES string of the molecule is Cc1cccc(Nc2ccc(C3CCCN3C(=O)c3cn(C)nc3C)nc2)n1. The Balaban J connectivity index is 1.51. The van der Waals surface area contributed by atoms with Crippen molar-refractivity contribution in [1.82, 2.24) is 24.6 Å². The second kappa shape index (κ2) is 7.42. The van der Waals surface area contributed by atoms with E-state index in [0.29, 0.717) is 5.56 Å². The van der Waals surface area contributed by atoms with Gasteiger partial charge < -0.3 is 10.2 Å². The fourth-order valence-corrected chi connectivity index (χ4v) is 3.72. The molecule has 0 aromatic carbocycles. The first-order valence-electron chi connectivity index (χ1n) is 9.49. The van der Waals surface area contributed by atoms with Gasteiger partial charge in [-0.15, -0.1) is 0 Å². The summed E-state index contributed by atoms with van der Waals surface area (Å²) in [7, 11) is 1.83. The molecule has 1 amide bonds. The molecule has 1 fully saturated rings. The number of carbonyl (C=O) groups excluding carboxylic acids is 1. The number of pyridine rings is 2. The molecule has 3 aromatic rings. The van der Waals surface area contributed by atoms with E-state index in [4.69, 9.17) is 0 Å². The molecule has 0 aliphatic carbocycles. The minimum atomic E-state index is -0.00162. The van der Waals surface area contributed by atoms with Crippen molar-refractivity contribution in [2.75, 3.05) is 11.9 Å². The quantitative estimate of drug-likeness (QED) is 0.754. The Bertz CT molecular complexity index is 994. The Morgan fingerprint density at radius 3 is 2.75 bits per heavy atom. The van der Waals surface area contributed by atoms with Crippen LogP contribution in [0.4, 0.5) is 11.5 Å². The highest BCUT2D eigenvalue weighted by Crippen LogP contribution is 2.33. The van der Waals surface area contributed by atoms with E-state index in [1.165, 1.54) is 0 Å². The summed E-state index contributed by atoms with van der Waals surface area (Å²) in [5.74, 6) is 0.820. The maximum absolute atomic E-state index is 13.0. The van der Waals surface area contributed by atoms with E-state index < -0.39 is 0 Å². The van der Waals surface area contributed by atoms with Gasteiger partial charge in [0.15, 0.2) is 0 Å². The van der Waals surface area contributed by atoms with Gasteiger partial charge in [0.1, 0.15) is 5.82 Å². The van der Waals surface area contributed by atoms with Gasteiger partial charge in [-0.05, 0) is 51.0 Å². The first kappa shape index (κ1) is 18.2. The van der Waals surface area contributed by atoms with E-state index in [1.54, 1.807) is 17.1 Å². The molecule has 3 aromatic heterocycles. The summed E-state index contributed by atoms with van der Waals surface area (Å²) < 4.78 is 1.69. The molecule has 0 spiro atoms. The van der Waals surface area contributed by atoms with Crippen molar-refractivity contribution in [3.8, 4) is 0 Å². The monoisotopic (exact) mass is 376 g/mol. The third-order valence-corrected chi connectivity index (χ3v) is 5.05. The van der Waals surface area contributed by atoms with Gasteiger partial charge in [0, 0.05) is 25.5 Å². The Labute approximate surface area is 164 Å². The molecule has 1 aliphatic rings. The third kappa shape index (κ3) is 3.60. The van der Waals surface area contributed by atoms with Crippen molar-refractivity contribution in [2.45, 2.75) is 32.7 Å². The van der Waals surface area contributed by atoms with Crippen LogP contribution in [0, 0.1) is 13.8 Å². The standard InChI is InChI=1S/C21H24N6O/c1-14-6-4-8-20(23-14)24-16-9-10-18(22-12-16)19-7-5-11-27(19)21(28)17-13-26(3)25-15(17)2/h4,6,8-10,12-13,19H,5,7,11H2,1-3H3,(H,23,24). The molecule has 0 radical (unpaired) electrons. The third-order valence-electron chi connectivity index (χ3n) is 5.05. The predicted octanol–water partition coefficient (Wildman–Crippen LogP) is 3.55. The van der Waals surface area contributed by atoms with Gasteiger partial charge in [-0.25, -0.2) is 4.98 Å². The number of anilines is 2. The highest BCUT2D eigenvalue weighted by molar-refractivity contribution is 5.95. The Kier molecular flexibility index (Phi) is 4.81. The number of amides is 1. The number of nitrogens with one attached hydrogen (secondary N) is 1. The van der Waals surface area contributed by atoms with Crippen LogP contribution < -0.4 is 5.32 Å². The van der Waals surface area contributed by atoms with Crippen LogP contribution in [0.5, 0.6) is 0 Å². The smallest absolute Gasteiger partial charge is 0.257 e. The van der Waals surface area contributed by atoms with Crippen LogP contribution in [0.1, 0.15) is 46.3 Å². The average Bonchev–Trinajstić information content (AvgIpc) is 3.28. The van der Waals surface area contributed by atoms with Crippen LogP contribution in [0.2, 0.25) is 0 Å². The minimum Gasteiger partial charge on any atom is -0.339 e. The van der Waals surface area contributed by atoms with Crippen LogP contribution >= 0.6 is 0 Å². The summed E-state index contributed by atoms with van der Waals surface area (Å²) >= 11 is 0. The van der Waals surface area contributed by atoms with Gasteiger partial charge in [0.25, 0.3) is 5.91 Å². The zero-order valence-electron chi connectivity index (χ0n) is 16.4. The molecule has 28 heavy (non-hydrogen) atoms. The number of rotatable bonds is 4. The highest BCUT2D eigenvalue weighted by atomic mass is 16.2. The topological polar surface area (TPSA) is 75.9 Å². The van der Waals surface area contributed by atoms with Crippen molar-refractivity contribution in [1.29, 1.82) is 0 Å². The van der Waals surface area contributed by atoms with Crippen LogP contribution in [0.15, 0.2) is 42.7 Å². The molecule has 4 heterocycles. The molecule has 0 saturated carbocycles. The predicted molar refractivity (Wildman–Crippen MR) is 107 cm³/mol. The van der Waals surface area contributed by atoms with Gasteiger partial charge in [0.05, 0.1) is 34.9 Å². The second-order valence-corrected chi connectivity index (χ2v) is 7.22. The number of likely N-dealkylation sites (tertiary alicyclic amines) is 1. The van der Waals surface area contributed by atoms with Crippen molar-refractivity contribution < 1.29 is 4.79 Å². The molecule has 1 saturated heterocycles. The highest BCUT2D eigenvalue weighted by Gasteiger charge is 2.32. The maximum Gasteiger partial charge on any atom is 0.257 e. The Morgan fingerprint density at radius 2 is 2.07 bits per heavy atom. The van der Waals surface area contributed by atoms with Gasteiger partial charge in [-0.3, -0.25) is 14.5 Å². The Hall–Kier alpha value is -3.22. The van der Waals surface area contributed by atoms with E-state index in [0.717, 1.165) is 48.0 Å². The molecule has 7 nitrogen and oxygen atoms in total. The summed E-state index contributed by atoms with van der Waals surface area (Å²) in [6.07, 6.45) is 5.49. The van der Waals surface area contributed by atoms with E-state index in [-0.39, 0.29) is 11.9 Å². The number of aryl methyl sites for hydroxylation is 3. The lowest BCUT2D eigenvalue weighted by molar-refractivity contribution is 0.0732. The summed E-state index contributed by atoms with van der Waals surface area (Å²) in [5, 5.41) is 7.57. The van der Waals surface area contributed by atoms with Crippen molar-refractivity contribution in [3.05, 3.63) is 65.4 Å². The van der Waals surface area contributed by atoms with E-state index >= 15 is 0 Å². The minimum absolute atomic E-state index is 0.00162. The second-order valence-electron chi connectivity index (χ2n) is 7.22. The van der Waals surface area contributed by atoms with Gasteiger partial charge in [-0.1, -0.05) is 6.07 Å². The normalized spacial score (nSPS) is 16.4. The lowest BCUT2D eigenvalue weighted by Crippen LogP contribution is -2.31. The summed E-state index contributed by atoms with van der Waals surface area (Å²) in [4.78, 5) is 24.0. The fraction of sp³-hybridized carbons (Fsp3) is 0.333. The first-order valence-corrected chi connectivity index (χ1v) is 9.49. The lowest BCUT2D eigenvalue weighted by atomic mass is 10.1. The van der Waals surface area contributed by atoms with E-state index in [9.17, 15) is 4.79 Å². The maximum atomic E-state index is 13.0. The number of nitrogens with zero attached hydrogens (tertiary/aromatic N) is 5. The van der Waals surface area contributed by atoms with Crippen LogP contribution in [0.3, 0.4) is 0 Å². The summed E-state index contributed by atoms with van der Waals surface area (Å²) in [5.41, 5.74) is 4.17. The summed E-state index contributed by atoms with van der Waals surface area (Å²) in [6.45, 7) is 4.57. The molecule has 1 unspecified atom stereocenters. The van der Waals surface area contributed by atoms with Crippen LogP contribution in [0.25, 0.3) is 0 Å². The number of aromatic nitrogens is 4. The zero-order chi connectivity index (χ0) is 19.7. The molecule has 1 N–H and O–H groups in total. The Morgan fingerprint density at radius 1 is 1.21 bits per heavy atom. The van der Waals surface area contributed by atoms with E-state index in [1.807, 2.05) is 56.1 Å². The summed E-state index contributed by atoms with van der Waals surface area (Å²) in [6, 6.07) is 9.83. The molecular weight excluding hydrogens is 352 g/mol. The molecule has 4 rings (SSSR count). The number of carbonyl (C=O) groups is 1. The van der Waals surface area contributed by atoms with Crippen LogP contribution in [-0.4, -0.2) is 37.1 Å². The number of hydrogen-bond donors (Lipinski definition) is 1. The van der Waals surface area contributed by atoms with E-state index in [2.05, 4.69) is 20.4 Å². The fourth-order valence-electron chi connectivity index (χ4n) is 3.72. The number of hydrogen-bond acceptors (Lipinski definition) is 5. The first-order chi connectivity index (χ1) is 13.5. The molecule has 1 aliphatic heterocycles. The van der Waals surface area contributed by atoms with Gasteiger partial charge in [-0.2, -0.15) is 5.10 Å². The molecule has 1 atom stereocenters. The van der Waals surface area contributed by atoms with Crippen molar-refractivity contribution in [2.24, 2.45) is 7.05 Å². The molecule has 7 heteroatoms. The van der Waals surface area contributed by atoms with Crippen molar-refractivity contribution in [3.63, 3.8) is 0 Å². The molecular formula is C21H24N6O.